The molecule has 0 aliphatic rings. The molecule has 0 aromatic heterocycles. The maximum absolute atomic E-state index is 10.9. The third-order valence-corrected chi connectivity index (χ3v) is 2.89. The predicted octanol–water partition coefficient (Wildman–Crippen LogP) is 3.96. The Balaban J connectivity index is 0.00000162. The quantitative estimate of drug-likeness (QED) is 0.909. The number of halogens is 1. The topological polar surface area (TPSA) is 37.3 Å². The molecule has 0 spiro atoms. The van der Waals surface area contributed by atoms with Gasteiger partial charge >= 0.3 is 5.97 Å². The molecule has 2 nitrogen and oxygen atoms in total. The van der Waals surface area contributed by atoms with Gasteiger partial charge in [-0.25, -0.2) is 0 Å². The summed E-state index contributed by atoms with van der Waals surface area (Å²) >= 11 is 0. The van der Waals surface area contributed by atoms with E-state index in [2.05, 4.69) is 0 Å². The van der Waals surface area contributed by atoms with Crippen LogP contribution in [-0.2, 0) is 4.79 Å². The summed E-state index contributed by atoms with van der Waals surface area (Å²) in [5.74, 6) is -1.25. The maximum Gasteiger partial charge on any atom is 0.310 e. The van der Waals surface area contributed by atoms with E-state index in [0.29, 0.717) is 0 Å². The zero-order valence-corrected chi connectivity index (χ0v) is 10.9. The molecule has 0 saturated heterocycles. The molecule has 0 aliphatic carbocycles. The van der Waals surface area contributed by atoms with Crippen molar-refractivity contribution in [3.8, 4) is 11.1 Å². The maximum atomic E-state index is 10.9. The van der Waals surface area contributed by atoms with E-state index in [1.807, 2.05) is 54.6 Å². The lowest BCUT2D eigenvalue weighted by Gasteiger charge is -2.07. The van der Waals surface area contributed by atoms with Crippen molar-refractivity contribution < 1.29 is 9.90 Å². The zero-order valence-electron chi connectivity index (χ0n) is 10.0. The summed E-state index contributed by atoms with van der Waals surface area (Å²) in [6.45, 7) is 1.69. The lowest BCUT2D eigenvalue weighted by molar-refractivity contribution is -0.138. The smallest absolute Gasteiger partial charge is 0.310 e. The molecule has 2 aromatic carbocycles. The van der Waals surface area contributed by atoms with Crippen LogP contribution in [0, 0.1) is 0 Å². The first-order valence-corrected chi connectivity index (χ1v) is 5.56. The van der Waals surface area contributed by atoms with Crippen LogP contribution in [0.5, 0.6) is 0 Å². The number of hydrogen-bond donors (Lipinski definition) is 1. The summed E-state index contributed by atoms with van der Waals surface area (Å²) in [7, 11) is 0. The molecule has 0 saturated carbocycles. The second kappa shape index (κ2) is 6.22. The van der Waals surface area contributed by atoms with E-state index in [0.717, 1.165) is 16.7 Å². The second-order valence-electron chi connectivity index (χ2n) is 4.05. The Kier molecular flexibility index (Phi) is 4.93. The van der Waals surface area contributed by atoms with Crippen LogP contribution in [0.3, 0.4) is 0 Å². The molecule has 3 heteroatoms. The van der Waals surface area contributed by atoms with Gasteiger partial charge < -0.3 is 5.11 Å². The van der Waals surface area contributed by atoms with Crippen molar-refractivity contribution in [2.24, 2.45) is 0 Å². The molecule has 94 valence electrons. The molecule has 0 heterocycles. The molecule has 1 unspecified atom stereocenters. The van der Waals surface area contributed by atoms with Crippen molar-refractivity contribution in [1.29, 1.82) is 0 Å². The highest BCUT2D eigenvalue weighted by atomic mass is 35.5. The van der Waals surface area contributed by atoms with E-state index in [9.17, 15) is 4.79 Å². The van der Waals surface area contributed by atoms with Crippen molar-refractivity contribution in [1.82, 2.24) is 0 Å². The van der Waals surface area contributed by atoms with Crippen molar-refractivity contribution in [3.05, 3.63) is 60.2 Å². The molecule has 0 radical (unpaired) electrons. The Morgan fingerprint density at radius 3 is 1.94 bits per heavy atom. The molecule has 1 atom stereocenters. The standard InChI is InChI=1S/C15H14O2.ClH/c1-11(15(16)17)12-7-9-14(10-8-12)13-5-3-2-4-6-13;/h2-11H,1H3,(H,16,17);1H. The molecule has 1 N–H and O–H groups in total. The van der Waals surface area contributed by atoms with Gasteiger partial charge in [-0.1, -0.05) is 54.6 Å². The molecular formula is C15H15ClO2. The Bertz CT molecular complexity index is 506. The molecule has 2 aromatic rings. The van der Waals surface area contributed by atoms with Crippen molar-refractivity contribution in [2.75, 3.05) is 0 Å². The van der Waals surface area contributed by atoms with Crippen molar-refractivity contribution >= 4 is 18.4 Å². The Morgan fingerprint density at radius 2 is 1.44 bits per heavy atom. The first-order chi connectivity index (χ1) is 8.18. The van der Waals surface area contributed by atoms with Gasteiger partial charge in [-0.3, -0.25) is 4.79 Å². The average Bonchev–Trinajstić information content (AvgIpc) is 2.39. The van der Waals surface area contributed by atoms with Gasteiger partial charge in [0, 0.05) is 0 Å². The summed E-state index contributed by atoms with van der Waals surface area (Å²) < 4.78 is 0. The molecule has 0 aliphatic heterocycles. The van der Waals surface area contributed by atoms with Crippen LogP contribution in [0.4, 0.5) is 0 Å². The first kappa shape index (κ1) is 14.3. The van der Waals surface area contributed by atoms with E-state index < -0.39 is 11.9 Å². The van der Waals surface area contributed by atoms with Crippen LogP contribution < -0.4 is 0 Å². The van der Waals surface area contributed by atoms with Crippen LogP contribution in [0.15, 0.2) is 54.6 Å². The average molecular weight is 263 g/mol. The third-order valence-electron chi connectivity index (χ3n) is 2.89. The van der Waals surface area contributed by atoms with E-state index in [4.69, 9.17) is 5.11 Å². The summed E-state index contributed by atoms with van der Waals surface area (Å²) in [5.41, 5.74) is 3.08. The van der Waals surface area contributed by atoms with E-state index in [-0.39, 0.29) is 12.4 Å². The fourth-order valence-electron chi connectivity index (χ4n) is 1.74. The molecule has 0 fully saturated rings. The molecule has 2 rings (SSSR count). The number of carbonyl (C=O) groups is 1. The first-order valence-electron chi connectivity index (χ1n) is 5.56. The van der Waals surface area contributed by atoms with E-state index in [1.54, 1.807) is 6.92 Å². The zero-order chi connectivity index (χ0) is 12.3. The highest BCUT2D eigenvalue weighted by Gasteiger charge is 2.12. The summed E-state index contributed by atoms with van der Waals surface area (Å²) in [6.07, 6.45) is 0. The van der Waals surface area contributed by atoms with Crippen molar-refractivity contribution in [3.63, 3.8) is 0 Å². The summed E-state index contributed by atoms with van der Waals surface area (Å²) in [6, 6.07) is 17.7. The number of aliphatic carboxylic acids is 1. The molecular weight excluding hydrogens is 248 g/mol. The lowest BCUT2D eigenvalue weighted by atomic mass is 9.98. The van der Waals surface area contributed by atoms with E-state index in [1.165, 1.54) is 0 Å². The fourth-order valence-corrected chi connectivity index (χ4v) is 1.74. The van der Waals surface area contributed by atoms with Gasteiger partial charge in [0.25, 0.3) is 0 Å². The van der Waals surface area contributed by atoms with Crippen molar-refractivity contribution in [2.45, 2.75) is 12.8 Å². The van der Waals surface area contributed by atoms with Gasteiger partial charge in [-0.15, -0.1) is 12.4 Å². The minimum absolute atomic E-state index is 0. The molecule has 0 amide bonds. The van der Waals surface area contributed by atoms with Gasteiger partial charge in [0.1, 0.15) is 0 Å². The summed E-state index contributed by atoms with van der Waals surface area (Å²) in [4.78, 5) is 10.9. The Morgan fingerprint density at radius 1 is 0.944 bits per heavy atom. The number of hydrogen-bond acceptors (Lipinski definition) is 1. The Labute approximate surface area is 113 Å². The van der Waals surface area contributed by atoms with Gasteiger partial charge in [0.2, 0.25) is 0 Å². The lowest BCUT2D eigenvalue weighted by Crippen LogP contribution is -2.06. The summed E-state index contributed by atoms with van der Waals surface area (Å²) in [5, 5.41) is 8.92. The number of benzene rings is 2. The predicted molar refractivity (Wildman–Crippen MR) is 75.2 cm³/mol. The highest BCUT2D eigenvalue weighted by molar-refractivity contribution is 5.85. The fraction of sp³-hybridized carbons (Fsp3) is 0.133. The van der Waals surface area contributed by atoms with Crippen LogP contribution in [-0.4, -0.2) is 11.1 Å². The van der Waals surface area contributed by atoms with Crippen LogP contribution in [0.1, 0.15) is 18.4 Å². The number of rotatable bonds is 3. The minimum atomic E-state index is -0.794. The van der Waals surface area contributed by atoms with Gasteiger partial charge in [-0.2, -0.15) is 0 Å². The van der Waals surface area contributed by atoms with Crippen LogP contribution in [0.2, 0.25) is 0 Å². The number of carboxylic acids is 1. The Hall–Kier alpha value is -1.80. The number of carboxylic acid groups (broad SMARTS) is 1. The minimum Gasteiger partial charge on any atom is -0.481 e. The van der Waals surface area contributed by atoms with Gasteiger partial charge in [-0.05, 0) is 23.6 Å². The molecule has 18 heavy (non-hydrogen) atoms. The van der Waals surface area contributed by atoms with Gasteiger partial charge in [0.15, 0.2) is 0 Å². The highest BCUT2D eigenvalue weighted by Crippen LogP contribution is 2.22. The SMILES string of the molecule is CC(C(=O)O)c1ccc(-c2ccccc2)cc1.Cl. The van der Waals surface area contributed by atoms with Gasteiger partial charge in [0.05, 0.1) is 5.92 Å². The van der Waals surface area contributed by atoms with E-state index >= 15 is 0 Å². The van der Waals surface area contributed by atoms with Crippen LogP contribution in [0.25, 0.3) is 11.1 Å². The third kappa shape index (κ3) is 3.11. The monoisotopic (exact) mass is 262 g/mol. The largest absolute Gasteiger partial charge is 0.481 e. The molecule has 0 bridgehead atoms. The van der Waals surface area contributed by atoms with Crippen LogP contribution >= 0.6 is 12.4 Å². The normalized spacial score (nSPS) is 11.4. The second-order valence-corrected chi connectivity index (χ2v) is 4.05.